The Morgan fingerprint density at radius 1 is 1.35 bits per heavy atom. The summed E-state index contributed by atoms with van der Waals surface area (Å²) in [5.74, 6) is -0.509. The molecule has 92 valence electrons. The third-order valence-electron chi connectivity index (χ3n) is 2.41. The molecule has 1 aromatic carbocycles. The van der Waals surface area contributed by atoms with Crippen molar-refractivity contribution in [3.05, 3.63) is 29.8 Å². The first kappa shape index (κ1) is 13.0. The molecule has 0 radical (unpaired) electrons. The Morgan fingerprint density at radius 2 is 2.00 bits per heavy atom. The number of carboxylic acid groups (broad SMARTS) is 1. The number of rotatable bonds is 4. The van der Waals surface area contributed by atoms with E-state index >= 15 is 0 Å². The molecule has 1 rings (SSSR count). The molecular formula is C12H16N2O3. The van der Waals surface area contributed by atoms with Crippen LogP contribution in [-0.2, 0) is 4.79 Å². The Kier molecular flexibility index (Phi) is 4.51. The largest absolute Gasteiger partial charge is 0.465 e. The van der Waals surface area contributed by atoms with E-state index in [1.54, 1.807) is 31.2 Å². The predicted molar refractivity (Wildman–Crippen MR) is 65.2 cm³/mol. The zero-order chi connectivity index (χ0) is 12.8. The van der Waals surface area contributed by atoms with Gasteiger partial charge in [-0.3, -0.25) is 10.1 Å². The smallest absolute Gasteiger partial charge is 0.409 e. The van der Waals surface area contributed by atoms with Crippen LogP contribution in [0.5, 0.6) is 0 Å². The first-order chi connectivity index (χ1) is 8.06. The van der Waals surface area contributed by atoms with Crippen LogP contribution in [0.4, 0.5) is 10.5 Å². The molecule has 0 aliphatic rings. The topological polar surface area (TPSA) is 78.4 Å². The van der Waals surface area contributed by atoms with Crippen LogP contribution in [0.15, 0.2) is 24.3 Å². The van der Waals surface area contributed by atoms with E-state index in [-0.39, 0.29) is 5.91 Å². The maximum absolute atomic E-state index is 11.7. The molecule has 2 amide bonds. The van der Waals surface area contributed by atoms with Crippen molar-refractivity contribution in [2.45, 2.75) is 19.8 Å². The maximum Gasteiger partial charge on any atom is 0.409 e. The first-order valence-electron chi connectivity index (χ1n) is 5.42. The fraction of sp³-hybridized carbons (Fsp3) is 0.333. The third-order valence-corrected chi connectivity index (χ3v) is 2.41. The van der Waals surface area contributed by atoms with Crippen molar-refractivity contribution in [2.24, 2.45) is 0 Å². The quantitative estimate of drug-likeness (QED) is 0.748. The van der Waals surface area contributed by atoms with Gasteiger partial charge in [0.25, 0.3) is 0 Å². The fourth-order valence-corrected chi connectivity index (χ4v) is 1.57. The molecule has 0 aliphatic heterocycles. The zero-order valence-corrected chi connectivity index (χ0v) is 9.86. The van der Waals surface area contributed by atoms with Crippen LogP contribution in [-0.4, -0.2) is 23.7 Å². The van der Waals surface area contributed by atoms with Gasteiger partial charge < -0.3 is 10.4 Å². The van der Waals surface area contributed by atoms with E-state index in [0.717, 1.165) is 0 Å². The zero-order valence-electron chi connectivity index (χ0n) is 9.86. The molecule has 0 aromatic heterocycles. The highest BCUT2D eigenvalue weighted by Crippen LogP contribution is 2.24. The highest BCUT2D eigenvalue weighted by Gasteiger charge is 2.18. The Hall–Kier alpha value is -2.04. The molecule has 5 heteroatoms. The molecule has 0 heterocycles. The third kappa shape index (κ3) is 3.48. The molecule has 1 aromatic rings. The lowest BCUT2D eigenvalue weighted by atomic mass is 9.98. The Balaban J connectivity index is 2.95. The van der Waals surface area contributed by atoms with Crippen molar-refractivity contribution in [3.63, 3.8) is 0 Å². The fourth-order valence-electron chi connectivity index (χ4n) is 1.57. The Labute approximate surface area is 99.8 Å². The molecule has 0 saturated carbocycles. The Morgan fingerprint density at radius 3 is 2.59 bits per heavy atom. The second-order valence-corrected chi connectivity index (χ2v) is 3.63. The van der Waals surface area contributed by atoms with E-state index < -0.39 is 12.0 Å². The number of carbonyl (C=O) groups is 2. The molecule has 0 saturated heterocycles. The summed E-state index contributed by atoms with van der Waals surface area (Å²) in [7, 11) is 0. The second kappa shape index (κ2) is 5.89. The molecule has 0 bridgehead atoms. The van der Waals surface area contributed by atoms with Gasteiger partial charge in [-0.15, -0.1) is 0 Å². The van der Waals surface area contributed by atoms with Crippen LogP contribution in [0, 0.1) is 0 Å². The van der Waals surface area contributed by atoms with Gasteiger partial charge in [-0.2, -0.15) is 0 Å². The first-order valence-corrected chi connectivity index (χ1v) is 5.42. The second-order valence-electron chi connectivity index (χ2n) is 3.63. The summed E-state index contributed by atoms with van der Waals surface area (Å²) in [4.78, 5) is 22.3. The van der Waals surface area contributed by atoms with E-state index in [1.165, 1.54) is 0 Å². The molecule has 0 aliphatic carbocycles. The highest BCUT2D eigenvalue weighted by atomic mass is 16.4. The van der Waals surface area contributed by atoms with Crippen LogP contribution < -0.4 is 10.6 Å². The van der Waals surface area contributed by atoms with Gasteiger partial charge in [0.15, 0.2) is 0 Å². The molecule has 3 N–H and O–H groups in total. The summed E-state index contributed by atoms with van der Waals surface area (Å²) in [6, 6.07) is 6.88. The monoisotopic (exact) mass is 236 g/mol. The number of amides is 2. The van der Waals surface area contributed by atoms with Crippen LogP contribution in [0.2, 0.25) is 0 Å². The molecular weight excluding hydrogens is 220 g/mol. The average Bonchev–Trinajstić information content (AvgIpc) is 2.28. The van der Waals surface area contributed by atoms with Crippen LogP contribution in [0.1, 0.15) is 25.3 Å². The minimum absolute atomic E-state index is 0.118. The number of nitrogens with one attached hydrogen (secondary N) is 2. The average molecular weight is 236 g/mol. The lowest BCUT2D eigenvalue weighted by Gasteiger charge is -2.15. The number of carbonyl (C=O) groups excluding carboxylic acids is 1. The summed E-state index contributed by atoms with van der Waals surface area (Å²) in [6.07, 6.45) is -1.14. The van der Waals surface area contributed by atoms with Gasteiger partial charge >= 0.3 is 6.09 Å². The van der Waals surface area contributed by atoms with Crippen LogP contribution in [0.25, 0.3) is 0 Å². The van der Waals surface area contributed by atoms with Gasteiger partial charge in [0, 0.05) is 12.2 Å². The maximum atomic E-state index is 11.7. The minimum atomic E-state index is -1.14. The predicted octanol–water partition coefficient (Wildman–Crippen LogP) is 2.02. The van der Waals surface area contributed by atoms with Crippen molar-refractivity contribution >= 4 is 17.7 Å². The van der Waals surface area contributed by atoms with Crippen molar-refractivity contribution in [2.75, 3.05) is 11.9 Å². The van der Waals surface area contributed by atoms with E-state index in [0.29, 0.717) is 17.8 Å². The molecule has 5 nitrogen and oxygen atoms in total. The van der Waals surface area contributed by atoms with Gasteiger partial charge in [0.1, 0.15) is 0 Å². The Bertz CT molecular complexity index is 418. The van der Waals surface area contributed by atoms with Gasteiger partial charge in [0.2, 0.25) is 5.91 Å². The van der Waals surface area contributed by atoms with E-state index in [1.807, 2.05) is 6.92 Å². The summed E-state index contributed by atoms with van der Waals surface area (Å²) >= 11 is 0. The van der Waals surface area contributed by atoms with E-state index in [9.17, 15) is 9.59 Å². The van der Waals surface area contributed by atoms with Gasteiger partial charge in [-0.25, -0.2) is 4.79 Å². The highest BCUT2D eigenvalue weighted by molar-refractivity contribution is 5.89. The molecule has 0 spiro atoms. The van der Waals surface area contributed by atoms with Gasteiger partial charge in [-0.1, -0.05) is 18.2 Å². The van der Waals surface area contributed by atoms with E-state index in [4.69, 9.17) is 5.11 Å². The molecule has 0 unspecified atom stereocenters. The number of hydrogen-bond acceptors (Lipinski definition) is 2. The minimum Gasteiger partial charge on any atom is -0.465 e. The standard InChI is InChI=1S/C12H16N2O3/c1-3-13-11(15)8(2)9-6-4-5-7-10(9)14-12(16)17/h4-8,14H,3H2,1-2H3,(H,13,15)(H,16,17)/t8-/m1/s1. The summed E-state index contributed by atoms with van der Waals surface area (Å²) in [5, 5.41) is 13.7. The number of likely N-dealkylation sites (N-methyl/N-ethyl adjacent to an activating group) is 1. The van der Waals surface area contributed by atoms with Crippen LogP contribution >= 0.6 is 0 Å². The lowest BCUT2D eigenvalue weighted by molar-refractivity contribution is -0.122. The summed E-state index contributed by atoms with van der Waals surface area (Å²) in [6.45, 7) is 4.14. The van der Waals surface area contributed by atoms with Crippen molar-refractivity contribution in [1.82, 2.24) is 5.32 Å². The SMILES string of the molecule is CCNC(=O)[C@H](C)c1ccccc1NC(=O)O. The number of anilines is 1. The number of hydrogen-bond donors (Lipinski definition) is 3. The van der Waals surface area contributed by atoms with Crippen molar-refractivity contribution in [1.29, 1.82) is 0 Å². The lowest BCUT2D eigenvalue weighted by Crippen LogP contribution is -2.28. The van der Waals surface area contributed by atoms with Crippen molar-refractivity contribution < 1.29 is 14.7 Å². The van der Waals surface area contributed by atoms with E-state index in [2.05, 4.69) is 10.6 Å². The molecule has 17 heavy (non-hydrogen) atoms. The molecule has 0 fully saturated rings. The molecule has 1 atom stereocenters. The summed E-state index contributed by atoms with van der Waals surface area (Å²) < 4.78 is 0. The van der Waals surface area contributed by atoms with Crippen LogP contribution in [0.3, 0.4) is 0 Å². The number of benzene rings is 1. The van der Waals surface area contributed by atoms with Gasteiger partial charge in [0.05, 0.1) is 5.92 Å². The summed E-state index contributed by atoms with van der Waals surface area (Å²) in [5.41, 5.74) is 1.11. The number of para-hydroxylation sites is 1. The normalized spacial score (nSPS) is 11.6. The van der Waals surface area contributed by atoms with Crippen molar-refractivity contribution in [3.8, 4) is 0 Å². The van der Waals surface area contributed by atoms with Gasteiger partial charge in [-0.05, 0) is 25.5 Å².